The van der Waals surface area contributed by atoms with Gasteiger partial charge in [-0.3, -0.25) is 19.8 Å². The second-order valence-corrected chi connectivity index (χ2v) is 10.6. The van der Waals surface area contributed by atoms with E-state index in [-0.39, 0.29) is 17.1 Å². The number of pyridine rings is 2. The zero-order chi connectivity index (χ0) is 29.2. The fourth-order valence-electron chi connectivity index (χ4n) is 3.20. The molecule has 10 nitrogen and oxygen atoms in total. The number of hydrogen-bond donors (Lipinski definition) is 0. The number of aromatic nitrogens is 2. The van der Waals surface area contributed by atoms with E-state index in [1.165, 1.54) is 25.1 Å². The van der Waals surface area contributed by atoms with Crippen molar-refractivity contribution in [1.29, 1.82) is 0 Å². The molecule has 0 amide bonds. The first-order chi connectivity index (χ1) is 17.3. The molecule has 0 aromatic carbocycles. The van der Waals surface area contributed by atoms with Crippen LogP contribution >= 0.6 is 0 Å². The van der Waals surface area contributed by atoms with Crippen LogP contribution < -0.4 is 0 Å². The smallest absolute Gasteiger partial charge is 0.741 e. The molecule has 1 atom stereocenters. The van der Waals surface area contributed by atoms with E-state index in [2.05, 4.69) is 51.1 Å². The molecule has 39 heavy (non-hydrogen) atoms. The van der Waals surface area contributed by atoms with Crippen LogP contribution in [0.4, 0.5) is 26.3 Å². The minimum atomic E-state index is -6.09. The summed E-state index contributed by atoms with van der Waals surface area (Å²) < 4.78 is 118. The van der Waals surface area contributed by atoms with Crippen molar-refractivity contribution in [2.24, 2.45) is 0 Å². The minimum absolute atomic E-state index is 0. The van der Waals surface area contributed by atoms with Crippen LogP contribution in [-0.2, 0) is 50.4 Å². The van der Waals surface area contributed by atoms with Gasteiger partial charge in [-0.15, -0.1) is 0 Å². The van der Waals surface area contributed by atoms with Crippen LogP contribution in [0.2, 0.25) is 0 Å². The average Bonchev–Trinajstić information content (AvgIpc) is 3.19. The van der Waals surface area contributed by atoms with Gasteiger partial charge in [0.2, 0.25) is 0 Å². The summed E-state index contributed by atoms with van der Waals surface area (Å²) in [7, 11) is -9.99. The third kappa shape index (κ3) is 14.4. The van der Waals surface area contributed by atoms with Crippen LogP contribution in [0.5, 0.6) is 0 Å². The van der Waals surface area contributed by atoms with Crippen molar-refractivity contribution >= 4 is 20.2 Å². The quantitative estimate of drug-likeness (QED) is 0.198. The van der Waals surface area contributed by atoms with Crippen LogP contribution in [-0.4, -0.2) is 82.9 Å². The van der Waals surface area contributed by atoms with Gasteiger partial charge >= 0.3 is 28.1 Å². The molecule has 0 spiro atoms. The number of alkyl halides is 6. The number of likely N-dealkylation sites (N-methyl/N-ethyl adjacent to an activating group) is 1. The van der Waals surface area contributed by atoms with Crippen LogP contribution in [0.25, 0.3) is 0 Å². The van der Waals surface area contributed by atoms with Crippen molar-refractivity contribution in [2.45, 2.75) is 43.0 Å². The molecule has 3 heterocycles. The Balaban J connectivity index is 0.000000708. The maximum Gasteiger partial charge on any atom is 2.00 e. The predicted octanol–water partition coefficient (Wildman–Crippen LogP) is 2.67. The summed E-state index contributed by atoms with van der Waals surface area (Å²) in [6.07, 6.45) is 6.31. The van der Waals surface area contributed by atoms with E-state index in [0.29, 0.717) is 6.04 Å². The monoisotopic (exact) mass is 649 g/mol. The van der Waals surface area contributed by atoms with E-state index in [1.807, 2.05) is 24.5 Å². The molecule has 1 radical (unpaired) electrons. The topological polar surface area (TPSA) is 147 Å². The summed E-state index contributed by atoms with van der Waals surface area (Å²) in [5.74, 6) is 0. The van der Waals surface area contributed by atoms with Crippen molar-refractivity contribution in [3.63, 3.8) is 0 Å². The zero-order valence-electron chi connectivity index (χ0n) is 20.1. The summed E-state index contributed by atoms with van der Waals surface area (Å²) >= 11 is 0. The predicted molar refractivity (Wildman–Crippen MR) is 120 cm³/mol. The molecular weight excluding hydrogens is 625 g/mol. The second kappa shape index (κ2) is 15.8. The molecule has 1 fully saturated rings. The molecule has 221 valence electrons. The van der Waals surface area contributed by atoms with Gasteiger partial charge in [0.05, 0.1) is 11.4 Å². The van der Waals surface area contributed by atoms with Crippen LogP contribution in [0.15, 0.2) is 48.8 Å². The van der Waals surface area contributed by atoms with E-state index < -0.39 is 31.3 Å². The largest absolute Gasteiger partial charge is 2.00 e. The molecule has 0 aliphatic carbocycles. The van der Waals surface area contributed by atoms with Gasteiger partial charge in [-0.1, -0.05) is 12.1 Å². The van der Waals surface area contributed by atoms with E-state index in [4.69, 9.17) is 25.9 Å². The summed E-state index contributed by atoms with van der Waals surface area (Å²) in [6, 6.07) is 12.9. The molecule has 2 aromatic rings. The Hall–Kier alpha value is -1.86. The Morgan fingerprint density at radius 2 is 1.33 bits per heavy atom. The fourth-order valence-corrected chi connectivity index (χ4v) is 3.20. The molecule has 0 bridgehead atoms. The third-order valence-corrected chi connectivity index (χ3v) is 5.97. The van der Waals surface area contributed by atoms with Crippen LogP contribution in [0.3, 0.4) is 0 Å². The molecule has 1 aliphatic heterocycles. The molecule has 0 N–H and O–H groups in total. The number of hydrogen-bond acceptors (Lipinski definition) is 10. The zero-order valence-corrected chi connectivity index (χ0v) is 23.0. The minimum Gasteiger partial charge on any atom is -0.741 e. The van der Waals surface area contributed by atoms with Gasteiger partial charge < -0.3 is 9.11 Å². The van der Waals surface area contributed by atoms with E-state index in [9.17, 15) is 26.3 Å². The Labute approximate surface area is 232 Å². The second-order valence-electron chi connectivity index (χ2n) is 7.91. The third-order valence-electron chi connectivity index (χ3n) is 4.84. The standard InChI is InChI=1S/C18H24N4.2CHF3O3S.Mn/c1-21(13-16-7-2-4-10-19-16)15-18-9-6-12-22(18)14-17-8-3-5-11-20-17;2*2-1(3,4)8(5,6)7;/h2-5,7-8,10-11,18H,6,9,12-15H2,1H3;2*(H,5,6,7);/q;;;+2/p-2/t18-;;;/m0.../s1. The maximum absolute atomic E-state index is 10.7. The molecule has 0 saturated carbocycles. The fraction of sp³-hybridized carbons (Fsp3) is 0.500. The number of likely N-dealkylation sites (tertiary alicyclic amines) is 1. The number of rotatable bonds is 6. The van der Waals surface area contributed by atoms with Gasteiger partial charge in [-0.25, -0.2) is 16.8 Å². The molecule has 1 aliphatic rings. The molecule has 0 unspecified atom stereocenters. The van der Waals surface area contributed by atoms with Crippen molar-refractivity contribution in [1.82, 2.24) is 19.8 Å². The van der Waals surface area contributed by atoms with Gasteiger partial charge in [-0.05, 0) is 50.7 Å². The molecule has 1 saturated heterocycles. The van der Waals surface area contributed by atoms with Gasteiger partial charge in [0.25, 0.3) is 0 Å². The van der Waals surface area contributed by atoms with Gasteiger partial charge in [0.1, 0.15) is 0 Å². The van der Waals surface area contributed by atoms with Gasteiger partial charge in [-0.2, -0.15) is 26.3 Å². The number of nitrogens with zero attached hydrogens (tertiary/aromatic N) is 4. The normalized spacial score (nSPS) is 16.4. The average molecular weight is 649 g/mol. The molecular formula is C20H24F6MnN4O6S2. The maximum atomic E-state index is 10.7. The molecule has 19 heteroatoms. The molecule has 3 rings (SSSR count). The van der Waals surface area contributed by atoms with Crippen molar-refractivity contribution in [3.8, 4) is 0 Å². The Morgan fingerprint density at radius 3 is 1.72 bits per heavy atom. The molecule has 2 aromatic heterocycles. The first-order valence-electron chi connectivity index (χ1n) is 10.6. The van der Waals surface area contributed by atoms with E-state index in [1.54, 1.807) is 0 Å². The van der Waals surface area contributed by atoms with Crippen LogP contribution in [0.1, 0.15) is 24.2 Å². The van der Waals surface area contributed by atoms with E-state index in [0.717, 1.165) is 25.3 Å². The summed E-state index contributed by atoms with van der Waals surface area (Å²) in [6.45, 7) is 4.14. The van der Waals surface area contributed by atoms with E-state index >= 15 is 0 Å². The Morgan fingerprint density at radius 1 is 0.897 bits per heavy atom. The summed E-state index contributed by atoms with van der Waals surface area (Å²) in [5, 5.41) is 0. The summed E-state index contributed by atoms with van der Waals surface area (Å²) in [4.78, 5) is 13.8. The number of halogens is 6. The summed E-state index contributed by atoms with van der Waals surface area (Å²) in [5.41, 5.74) is -8.99. The van der Waals surface area contributed by atoms with Gasteiger partial charge in [0, 0.05) is 38.1 Å². The Bertz CT molecular complexity index is 1150. The first kappa shape index (κ1) is 37.1. The first-order valence-corrected chi connectivity index (χ1v) is 13.4. The van der Waals surface area contributed by atoms with Gasteiger partial charge in [0.15, 0.2) is 20.2 Å². The van der Waals surface area contributed by atoms with Crippen molar-refractivity contribution < 1.29 is 69.4 Å². The Kier molecular flexibility index (Phi) is 15.0. The van der Waals surface area contributed by atoms with Crippen molar-refractivity contribution in [2.75, 3.05) is 20.1 Å². The van der Waals surface area contributed by atoms with Crippen LogP contribution in [0, 0.1) is 0 Å². The SMILES string of the molecule is CN(Cc1ccccn1)C[C@@H]1CCCN1Cc1ccccn1.O=S(=O)([O-])C(F)(F)F.O=S(=O)([O-])C(F)(F)F.[Mn+2]. The van der Waals surface area contributed by atoms with Crippen molar-refractivity contribution in [3.05, 3.63) is 60.2 Å².